The number of hydrogen-bond donors (Lipinski definition) is 1. The Hall–Kier alpha value is -1.03. The van der Waals surface area contributed by atoms with E-state index < -0.39 is 16.0 Å². The Balaban J connectivity index is 1.89. The van der Waals surface area contributed by atoms with E-state index in [9.17, 15) is 13.2 Å². The second kappa shape index (κ2) is 7.30. The van der Waals surface area contributed by atoms with Gasteiger partial charge in [-0.25, -0.2) is 22.9 Å². The van der Waals surface area contributed by atoms with Gasteiger partial charge in [0, 0.05) is 6.54 Å². The van der Waals surface area contributed by atoms with Crippen LogP contribution in [-0.2, 0) is 19.5 Å². The molecule has 1 aliphatic rings. The van der Waals surface area contributed by atoms with Gasteiger partial charge in [-0.15, -0.1) is 11.3 Å². The molecule has 0 unspecified atom stereocenters. The van der Waals surface area contributed by atoms with E-state index in [4.69, 9.17) is 4.74 Å². The quantitative estimate of drug-likeness (QED) is 0.594. The van der Waals surface area contributed by atoms with E-state index in [1.54, 1.807) is 0 Å². The molecule has 1 aromatic heterocycles. The molecule has 1 aliphatic carbocycles. The molecule has 1 N–H and O–H groups in total. The van der Waals surface area contributed by atoms with Crippen molar-refractivity contribution in [2.45, 2.75) is 36.0 Å². The molecule has 2 rings (SSSR count). The van der Waals surface area contributed by atoms with Crippen LogP contribution in [0.5, 0.6) is 0 Å². The predicted octanol–water partition coefficient (Wildman–Crippen LogP) is 1.17. The molecule has 1 saturated carbocycles. The molecule has 0 atom stereocenters. The fourth-order valence-corrected chi connectivity index (χ4v) is 4.37. The summed E-state index contributed by atoms with van der Waals surface area (Å²) in [5.41, 5.74) is 1.11. The summed E-state index contributed by atoms with van der Waals surface area (Å²) in [5, 5.41) is 0. The van der Waals surface area contributed by atoms with Crippen LogP contribution in [0.4, 0.5) is 0 Å². The van der Waals surface area contributed by atoms with Crippen LogP contribution in [0.25, 0.3) is 0 Å². The molecule has 21 heavy (non-hydrogen) atoms. The zero-order chi connectivity index (χ0) is 15.3. The molecule has 0 aliphatic heterocycles. The Morgan fingerprint density at radius 2 is 2.19 bits per heavy atom. The van der Waals surface area contributed by atoms with Crippen LogP contribution < -0.4 is 4.72 Å². The Morgan fingerprint density at radius 1 is 1.48 bits per heavy atom. The van der Waals surface area contributed by atoms with E-state index in [0.29, 0.717) is 6.61 Å². The molecular weight excluding hydrogens is 316 g/mol. The van der Waals surface area contributed by atoms with Crippen LogP contribution >= 0.6 is 11.3 Å². The Labute approximate surface area is 127 Å². The normalized spacial score (nSPS) is 16.2. The standard InChI is InChI=1S/C12H18N2O5S2/c1-18-11(15)10-12(20-8-13-10)21(16,17)14-6-7-19-9-4-2-3-5-9/h8-9,14H,2-7H2,1H3. The Bertz CT molecular complexity index is 578. The van der Waals surface area contributed by atoms with Crippen LogP contribution in [0, 0.1) is 0 Å². The molecule has 0 saturated heterocycles. The minimum atomic E-state index is -3.77. The maximum absolute atomic E-state index is 12.1. The van der Waals surface area contributed by atoms with Crippen molar-refractivity contribution >= 4 is 27.3 Å². The summed E-state index contributed by atoms with van der Waals surface area (Å²) >= 11 is 0.880. The number of thiazole rings is 1. The molecule has 1 fully saturated rings. The van der Waals surface area contributed by atoms with Crippen LogP contribution in [0.3, 0.4) is 0 Å². The average molecular weight is 334 g/mol. The van der Waals surface area contributed by atoms with Crippen LogP contribution in [-0.4, -0.2) is 45.7 Å². The van der Waals surface area contributed by atoms with Crippen molar-refractivity contribution in [3.8, 4) is 0 Å². The number of sulfonamides is 1. The molecule has 1 aromatic rings. The molecule has 0 bridgehead atoms. The fourth-order valence-electron chi connectivity index (χ4n) is 2.18. The van der Waals surface area contributed by atoms with Crippen molar-refractivity contribution in [1.29, 1.82) is 0 Å². The van der Waals surface area contributed by atoms with Gasteiger partial charge in [-0.2, -0.15) is 0 Å². The highest BCUT2D eigenvalue weighted by atomic mass is 32.2. The molecular formula is C12H18N2O5S2. The van der Waals surface area contributed by atoms with Gasteiger partial charge < -0.3 is 9.47 Å². The zero-order valence-corrected chi connectivity index (χ0v) is 13.3. The summed E-state index contributed by atoms with van der Waals surface area (Å²) < 4.78 is 36.6. The summed E-state index contributed by atoms with van der Waals surface area (Å²) in [6.07, 6.45) is 4.64. The number of ether oxygens (including phenoxy) is 2. The van der Waals surface area contributed by atoms with Gasteiger partial charge in [0.2, 0.25) is 0 Å². The lowest BCUT2D eigenvalue weighted by Crippen LogP contribution is -2.29. The first-order chi connectivity index (χ1) is 10.0. The number of methoxy groups -OCH3 is 1. The van der Waals surface area contributed by atoms with Crippen molar-refractivity contribution in [2.24, 2.45) is 0 Å². The Kier molecular flexibility index (Phi) is 5.68. The molecule has 0 amide bonds. The van der Waals surface area contributed by atoms with Gasteiger partial charge >= 0.3 is 5.97 Å². The highest BCUT2D eigenvalue weighted by Crippen LogP contribution is 2.21. The largest absolute Gasteiger partial charge is 0.464 e. The van der Waals surface area contributed by atoms with E-state index >= 15 is 0 Å². The third-order valence-corrected chi connectivity index (χ3v) is 6.04. The van der Waals surface area contributed by atoms with Gasteiger partial charge in [0.1, 0.15) is 0 Å². The van der Waals surface area contributed by atoms with Crippen LogP contribution in [0.1, 0.15) is 36.2 Å². The molecule has 0 spiro atoms. The minimum Gasteiger partial charge on any atom is -0.464 e. The molecule has 9 heteroatoms. The summed E-state index contributed by atoms with van der Waals surface area (Å²) in [6, 6.07) is 0. The number of nitrogens with one attached hydrogen (secondary N) is 1. The predicted molar refractivity (Wildman–Crippen MR) is 76.9 cm³/mol. The van der Waals surface area contributed by atoms with E-state index in [1.807, 2.05) is 0 Å². The topological polar surface area (TPSA) is 94.6 Å². The molecule has 0 aromatic carbocycles. The van der Waals surface area contributed by atoms with Crippen LogP contribution in [0.15, 0.2) is 9.72 Å². The highest BCUT2D eigenvalue weighted by Gasteiger charge is 2.26. The smallest absolute Gasteiger partial charge is 0.358 e. The SMILES string of the molecule is COC(=O)c1ncsc1S(=O)(=O)NCCOC1CCCC1. The second-order valence-corrected chi connectivity index (χ2v) is 7.47. The number of nitrogens with zero attached hydrogens (tertiary/aromatic N) is 1. The fraction of sp³-hybridized carbons (Fsp3) is 0.667. The van der Waals surface area contributed by atoms with Gasteiger partial charge in [0.05, 0.1) is 25.3 Å². The summed E-state index contributed by atoms with van der Waals surface area (Å²) in [4.78, 5) is 15.2. The van der Waals surface area contributed by atoms with Crippen molar-refractivity contribution in [1.82, 2.24) is 9.71 Å². The van der Waals surface area contributed by atoms with Gasteiger partial charge in [-0.1, -0.05) is 12.8 Å². The lowest BCUT2D eigenvalue weighted by Gasteiger charge is -2.11. The maximum Gasteiger partial charge on any atom is 0.358 e. The highest BCUT2D eigenvalue weighted by molar-refractivity contribution is 7.91. The first-order valence-electron chi connectivity index (χ1n) is 6.67. The van der Waals surface area contributed by atoms with Crippen molar-refractivity contribution in [3.63, 3.8) is 0 Å². The number of carbonyl (C=O) groups excluding carboxylic acids is 1. The third-order valence-electron chi connectivity index (χ3n) is 3.21. The summed E-state index contributed by atoms with van der Waals surface area (Å²) in [7, 11) is -2.59. The lowest BCUT2D eigenvalue weighted by molar-refractivity contribution is 0.0590. The zero-order valence-electron chi connectivity index (χ0n) is 11.7. The summed E-state index contributed by atoms with van der Waals surface area (Å²) in [5.74, 6) is -0.765. The molecule has 118 valence electrons. The van der Waals surface area contributed by atoms with E-state index in [-0.39, 0.29) is 22.6 Å². The van der Waals surface area contributed by atoms with Gasteiger partial charge in [-0.3, -0.25) is 0 Å². The number of hydrogen-bond acceptors (Lipinski definition) is 7. The first kappa shape index (κ1) is 16.3. The summed E-state index contributed by atoms with van der Waals surface area (Å²) in [6.45, 7) is 0.480. The third kappa shape index (κ3) is 4.22. The Morgan fingerprint density at radius 3 is 2.86 bits per heavy atom. The molecule has 1 heterocycles. The number of rotatable bonds is 7. The van der Waals surface area contributed by atoms with E-state index in [2.05, 4.69) is 14.4 Å². The minimum absolute atomic E-state index is 0.129. The van der Waals surface area contributed by atoms with E-state index in [1.165, 1.54) is 25.5 Å². The monoisotopic (exact) mass is 334 g/mol. The van der Waals surface area contributed by atoms with Crippen molar-refractivity contribution in [2.75, 3.05) is 20.3 Å². The number of aromatic nitrogens is 1. The lowest BCUT2D eigenvalue weighted by atomic mass is 10.3. The maximum atomic E-state index is 12.1. The van der Waals surface area contributed by atoms with Gasteiger partial charge in [0.25, 0.3) is 10.0 Å². The molecule has 7 nitrogen and oxygen atoms in total. The average Bonchev–Trinajstić information content (AvgIpc) is 3.13. The number of carbonyl (C=O) groups is 1. The number of esters is 1. The van der Waals surface area contributed by atoms with Crippen molar-refractivity contribution in [3.05, 3.63) is 11.2 Å². The first-order valence-corrected chi connectivity index (χ1v) is 9.04. The van der Waals surface area contributed by atoms with Crippen molar-refractivity contribution < 1.29 is 22.7 Å². The van der Waals surface area contributed by atoms with E-state index in [0.717, 1.165) is 24.2 Å². The van der Waals surface area contributed by atoms with Crippen LogP contribution in [0.2, 0.25) is 0 Å². The van der Waals surface area contributed by atoms with Gasteiger partial charge in [-0.05, 0) is 12.8 Å². The molecule has 0 radical (unpaired) electrons. The second-order valence-electron chi connectivity index (χ2n) is 4.66. The van der Waals surface area contributed by atoms with Gasteiger partial charge in [0.15, 0.2) is 9.90 Å².